The van der Waals surface area contributed by atoms with E-state index >= 15 is 0 Å². The SMILES string of the molecule is CN1NN(CC(=O)Nc2ccc(C[C@H](NC(=O)N[C@@H](CCC(=O)O)C(=O)O)C(=O)O)cc2)C=C1CCCF. The number of hydrazine groups is 2. The molecule has 38 heavy (non-hydrogen) atoms. The lowest BCUT2D eigenvalue weighted by atomic mass is 10.1. The third-order valence-electron chi connectivity index (χ3n) is 5.43. The lowest BCUT2D eigenvalue weighted by molar-refractivity contribution is -0.140. The van der Waals surface area contributed by atoms with Crippen molar-refractivity contribution in [2.75, 3.05) is 25.6 Å². The van der Waals surface area contributed by atoms with Crippen molar-refractivity contribution in [3.05, 3.63) is 41.7 Å². The third-order valence-corrected chi connectivity index (χ3v) is 5.43. The first kappa shape index (κ1) is 29.8. The minimum absolute atomic E-state index is 0.0187. The Labute approximate surface area is 217 Å². The highest BCUT2D eigenvalue weighted by molar-refractivity contribution is 5.92. The predicted molar refractivity (Wildman–Crippen MR) is 131 cm³/mol. The zero-order valence-corrected chi connectivity index (χ0v) is 20.6. The predicted octanol–water partition coefficient (Wildman–Crippen LogP) is 0.496. The van der Waals surface area contributed by atoms with E-state index in [0.717, 1.165) is 5.70 Å². The fourth-order valence-corrected chi connectivity index (χ4v) is 3.51. The van der Waals surface area contributed by atoms with Crippen LogP contribution in [0.1, 0.15) is 31.2 Å². The molecule has 14 nitrogen and oxygen atoms in total. The summed E-state index contributed by atoms with van der Waals surface area (Å²) in [6.07, 6.45) is 1.62. The van der Waals surface area contributed by atoms with E-state index in [0.29, 0.717) is 24.1 Å². The summed E-state index contributed by atoms with van der Waals surface area (Å²) in [6, 6.07) is 2.28. The maximum absolute atomic E-state index is 12.4. The van der Waals surface area contributed by atoms with Crippen molar-refractivity contribution in [2.45, 2.75) is 44.2 Å². The number of urea groups is 1. The number of alkyl halides is 1. The number of anilines is 1. The summed E-state index contributed by atoms with van der Waals surface area (Å²) in [5.41, 5.74) is 4.76. The Bertz CT molecular complexity index is 1050. The number of carbonyl (C=O) groups is 5. The van der Waals surface area contributed by atoms with Gasteiger partial charge in [0, 0.05) is 37.5 Å². The molecule has 0 fully saturated rings. The van der Waals surface area contributed by atoms with Crippen LogP contribution in [-0.2, 0) is 25.6 Å². The van der Waals surface area contributed by atoms with Gasteiger partial charge in [-0.2, -0.15) is 0 Å². The van der Waals surface area contributed by atoms with Crippen LogP contribution in [0.25, 0.3) is 0 Å². The summed E-state index contributed by atoms with van der Waals surface area (Å²) < 4.78 is 12.4. The van der Waals surface area contributed by atoms with E-state index in [4.69, 9.17) is 10.2 Å². The molecular formula is C23H31FN6O8. The van der Waals surface area contributed by atoms with Crippen molar-refractivity contribution in [3.63, 3.8) is 0 Å². The summed E-state index contributed by atoms with van der Waals surface area (Å²) in [7, 11) is 1.76. The molecule has 1 aliphatic heterocycles. The van der Waals surface area contributed by atoms with Crippen molar-refractivity contribution in [1.82, 2.24) is 26.2 Å². The second kappa shape index (κ2) is 14.4. The first-order valence-electron chi connectivity index (χ1n) is 11.6. The summed E-state index contributed by atoms with van der Waals surface area (Å²) >= 11 is 0. The van der Waals surface area contributed by atoms with Crippen molar-refractivity contribution >= 4 is 35.5 Å². The van der Waals surface area contributed by atoms with Crippen LogP contribution in [0.3, 0.4) is 0 Å². The van der Waals surface area contributed by atoms with Crippen molar-refractivity contribution < 1.29 is 43.7 Å². The molecule has 3 amide bonds. The molecule has 0 saturated heterocycles. The monoisotopic (exact) mass is 538 g/mol. The Morgan fingerprint density at radius 3 is 2.21 bits per heavy atom. The van der Waals surface area contributed by atoms with Gasteiger partial charge in [-0.25, -0.2) is 14.4 Å². The number of rotatable bonds is 15. The number of carboxylic acid groups (broad SMARTS) is 3. The molecule has 7 N–H and O–H groups in total. The van der Waals surface area contributed by atoms with Gasteiger partial charge in [-0.3, -0.25) is 24.0 Å². The van der Waals surface area contributed by atoms with Gasteiger partial charge < -0.3 is 31.3 Å². The van der Waals surface area contributed by atoms with E-state index in [1.54, 1.807) is 47.5 Å². The fraction of sp³-hybridized carbons (Fsp3) is 0.435. The molecular weight excluding hydrogens is 507 g/mol. The molecule has 2 rings (SSSR count). The number of halogens is 1. The highest BCUT2D eigenvalue weighted by atomic mass is 19.1. The number of carboxylic acids is 3. The molecule has 0 unspecified atom stereocenters. The maximum atomic E-state index is 12.4. The van der Waals surface area contributed by atoms with Crippen LogP contribution in [0.5, 0.6) is 0 Å². The Hall–Kier alpha value is -4.40. The number of allylic oxidation sites excluding steroid dienone is 1. The number of carbonyl (C=O) groups excluding carboxylic acids is 2. The van der Waals surface area contributed by atoms with Crippen molar-refractivity contribution in [3.8, 4) is 0 Å². The molecule has 208 valence electrons. The van der Waals surface area contributed by atoms with Gasteiger partial charge in [0.2, 0.25) is 5.91 Å². The maximum Gasteiger partial charge on any atom is 0.326 e. The van der Waals surface area contributed by atoms with Gasteiger partial charge in [0.25, 0.3) is 0 Å². The molecule has 0 radical (unpaired) electrons. The highest BCUT2D eigenvalue weighted by Gasteiger charge is 2.25. The third kappa shape index (κ3) is 9.93. The average Bonchev–Trinajstić information content (AvgIpc) is 3.18. The van der Waals surface area contributed by atoms with Gasteiger partial charge in [0.05, 0.1) is 6.67 Å². The molecule has 0 saturated carbocycles. The van der Waals surface area contributed by atoms with E-state index in [1.807, 2.05) is 0 Å². The molecule has 0 aromatic heterocycles. The van der Waals surface area contributed by atoms with Gasteiger partial charge in [0.1, 0.15) is 18.6 Å². The van der Waals surface area contributed by atoms with Gasteiger partial charge in [-0.05, 0) is 37.0 Å². The summed E-state index contributed by atoms with van der Waals surface area (Å²) in [5.74, 6) is -4.39. The number of hydrogen-bond acceptors (Lipinski definition) is 8. The van der Waals surface area contributed by atoms with E-state index in [9.17, 15) is 33.5 Å². The number of benzene rings is 1. The van der Waals surface area contributed by atoms with Crippen molar-refractivity contribution in [2.24, 2.45) is 0 Å². The van der Waals surface area contributed by atoms with E-state index in [-0.39, 0.29) is 25.3 Å². The zero-order chi connectivity index (χ0) is 28.2. The Kier molecular flexibility index (Phi) is 11.3. The van der Waals surface area contributed by atoms with E-state index in [2.05, 4.69) is 21.5 Å². The smallest absolute Gasteiger partial charge is 0.326 e. The number of hydrogen-bond donors (Lipinski definition) is 7. The fourth-order valence-electron chi connectivity index (χ4n) is 3.51. The number of nitrogens with one attached hydrogen (secondary N) is 4. The molecule has 2 atom stereocenters. The highest BCUT2D eigenvalue weighted by Crippen LogP contribution is 2.16. The Morgan fingerprint density at radius 2 is 1.63 bits per heavy atom. The van der Waals surface area contributed by atoms with Gasteiger partial charge in [-0.1, -0.05) is 12.1 Å². The minimum atomic E-state index is -1.50. The number of aliphatic carboxylic acids is 3. The van der Waals surface area contributed by atoms with Crippen LogP contribution in [-0.4, -0.2) is 87.5 Å². The topological polar surface area (TPSA) is 201 Å². The molecule has 15 heteroatoms. The summed E-state index contributed by atoms with van der Waals surface area (Å²) in [5, 5.41) is 37.5. The van der Waals surface area contributed by atoms with Gasteiger partial charge >= 0.3 is 23.9 Å². The standard InChI is InChI=1S/C23H31FN6O8/c1-29-16(3-2-10-24)12-30(28-29)13-19(31)25-15-6-4-14(5-7-15)11-18(22(36)37)27-23(38)26-17(21(34)35)8-9-20(32)33/h4-7,12,17-18,28H,2-3,8-11,13H2,1H3,(H,25,31)(H,32,33)(H,34,35)(H,36,37)(H2,26,27,38)/t17-,18-/m0/s1. The lowest BCUT2D eigenvalue weighted by Crippen LogP contribution is -2.51. The molecule has 1 aliphatic rings. The lowest BCUT2D eigenvalue weighted by Gasteiger charge is -2.20. The van der Waals surface area contributed by atoms with Gasteiger partial charge in [-0.15, -0.1) is 5.53 Å². The van der Waals surface area contributed by atoms with Crippen LogP contribution in [0, 0.1) is 0 Å². The molecule has 0 aliphatic carbocycles. The zero-order valence-electron chi connectivity index (χ0n) is 20.6. The van der Waals surface area contributed by atoms with Gasteiger partial charge in [0.15, 0.2) is 0 Å². The largest absolute Gasteiger partial charge is 0.481 e. The van der Waals surface area contributed by atoms with Crippen LogP contribution in [0.4, 0.5) is 14.9 Å². The van der Waals surface area contributed by atoms with Crippen LogP contribution < -0.4 is 21.5 Å². The first-order chi connectivity index (χ1) is 18.0. The van der Waals surface area contributed by atoms with Crippen LogP contribution in [0.15, 0.2) is 36.2 Å². The normalized spacial score (nSPS) is 14.3. The number of amides is 3. The Balaban J connectivity index is 1.89. The first-order valence-corrected chi connectivity index (χ1v) is 11.6. The molecule has 1 aromatic rings. The van der Waals surface area contributed by atoms with E-state index < -0.39 is 49.1 Å². The second-order valence-corrected chi connectivity index (χ2v) is 8.48. The minimum Gasteiger partial charge on any atom is -0.481 e. The molecule has 0 bridgehead atoms. The van der Waals surface area contributed by atoms with E-state index in [1.165, 1.54) is 0 Å². The Morgan fingerprint density at radius 1 is 1.00 bits per heavy atom. The van der Waals surface area contributed by atoms with Crippen LogP contribution >= 0.6 is 0 Å². The molecule has 1 heterocycles. The molecule has 1 aromatic carbocycles. The average molecular weight is 539 g/mol. The summed E-state index contributed by atoms with van der Waals surface area (Å²) in [6.45, 7) is -0.451. The second-order valence-electron chi connectivity index (χ2n) is 8.48. The number of nitrogens with zero attached hydrogens (tertiary/aromatic N) is 2. The molecule has 0 spiro atoms. The summed E-state index contributed by atoms with van der Waals surface area (Å²) in [4.78, 5) is 58.0. The van der Waals surface area contributed by atoms with Crippen LogP contribution in [0.2, 0.25) is 0 Å². The van der Waals surface area contributed by atoms with Crippen molar-refractivity contribution in [1.29, 1.82) is 0 Å². The quantitative estimate of drug-likeness (QED) is 0.164.